The van der Waals surface area contributed by atoms with E-state index >= 15 is 0 Å². The van der Waals surface area contributed by atoms with E-state index in [4.69, 9.17) is 15.0 Å². The van der Waals surface area contributed by atoms with Gasteiger partial charge in [-0.3, -0.25) is 4.79 Å². The number of nitrogens with two attached hydrogens (primary N) is 1. The first kappa shape index (κ1) is 15.2. The highest BCUT2D eigenvalue weighted by atomic mass is 31.1. The van der Waals surface area contributed by atoms with Crippen LogP contribution in [0.15, 0.2) is 6.33 Å². The Hall–Kier alpha value is -1.19. The molecule has 0 aromatic carbocycles. The van der Waals surface area contributed by atoms with Crippen LogP contribution in [0.4, 0.5) is 4.39 Å². The molecule has 0 aliphatic carbocycles. The number of rotatable bonds is 6. The fraction of sp³-hybridized carbons (Fsp3) is 0.667. The molecule has 11 heteroatoms. The summed E-state index contributed by atoms with van der Waals surface area (Å²) in [6, 6.07) is 0. The molecule has 5 atom stereocenters. The average Bonchev–Trinajstić information content (AvgIpc) is 2.99. The molecule has 9 nitrogen and oxygen atoms in total. The van der Waals surface area contributed by atoms with Crippen molar-refractivity contribution in [3.8, 4) is 0 Å². The normalized spacial score (nSPS) is 30.4. The maximum Gasteiger partial charge on any atom is 0.288 e. The van der Waals surface area contributed by atoms with Crippen molar-refractivity contribution >= 4 is 14.7 Å². The predicted molar refractivity (Wildman–Crippen MR) is 64.7 cm³/mol. The first-order valence-electron chi connectivity index (χ1n) is 5.67. The van der Waals surface area contributed by atoms with E-state index in [-0.39, 0.29) is 21.2 Å². The summed E-state index contributed by atoms with van der Waals surface area (Å²) in [5.41, 5.74) is 5.01. The number of aliphatic hydroxyl groups excluding tert-OH is 2. The summed E-state index contributed by atoms with van der Waals surface area (Å²) in [6.45, 7) is -0.0610. The van der Waals surface area contributed by atoms with E-state index in [0.717, 1.165) is 11.0 Å². The van der Waals surface area contributed by atoms with E-state index in [1.807, 2.05) is 0 Å². The molecule has 1 fully saturated rings. The fourth-order valence-corrected chi connectivity index (χ4v) is 2.13. The van der Waals surface area contributed by atoms with Crippen molar-refractivity contribution in [3.05, 3.63) is 12.2 Å². The van der Waals surface area contributed by atoms with Gasteiger partial charge in [-0.25, -0.2) is 14.1 Å². The third-order valence-corrected chi connectivity index (χ3v) is 3.21. The van der Waals surface area contributed by atoms with Crippen molar-refractivity contribution in [2.24, 2.45) is 5.73 Å². The molecule has 112 valence electrons. The second kappa shape index (κ2) is 6.51. The topological polar surface area (TPSA) is 133 Å². The largest absolute Gasteiger partial charge is 0.387 e. The highest BCUT2D eigenvalue weighted by Gasteiger charge is 2.44. The molecule has 1 aliphatic heterocycles. The predicted octanol–water partition coefficient (Wildman–Crippen LogP) is -1.47. The van der Waals surface area contributed by atoms with E-state index in [1.54, 1.807) is 0 Å². The highest BCUT2D eigenvalue weighted by molar-refractivity contribution is 7.31. The molecule has 0 radical (unpaired) electrons. The van der Waals surface area contributed by atoms with Crippen LogP contribution in [0.2, 0.25) is 0 Å². The van der Waals surface area contributed by atoms with Gasteiger partial charge in [0.05, 0.1) is 6.61 Å². The van der Waals surface area contributed by atoms with Gasteiger partial charge >= 0.3 is 0 Å². The second-order valence-corrected chi connectivity index (χ2v) is 4.89. The van der Waals surface area contributed by atoms with E-state index in [9.17, 15) is 19.4 Å². The summed E-state index contributed by atoms with van der Waals surface area (Å²) in [5, 5.41) is 23.4. The van der Waals surface area contributed by atoms with Crippen LogP contribution >= 0.6 is 8.81 Å². The van der Waals surface area contributed by atoms with Gasteiger partial charge in [-0.1, -0.05) is 0 Å². The van der Waals surface area contributed by atoms with Crippen LogP contribution in [-0.2, 0) is 9.26 Å². The number of primary amides is 1. The van der Waals surface area contributed by atoms with Crippen molar-refractivity contribution in [1.29, 1.82) is 0 Å². The zero-order chi connectivity index (χ0) is 14.7. The van der Waals surface area contributed by atoms with Crippen LogP contribution in [0.1, 0.15) is 16.8 Å². The van der Waals surface area contributed by atoms with Gasteiger partial charge in [0.1, 0.15) is 31.1 Å². The molecular weight excluding hydrogens is 294 g/mol. The van der Waals surface area contributed by atoms with Gasteiger partial charge in [0.15, 0.2) is 6.23 Å². The molecule has 0 saturated carbocycles. The van der Waals surface area contributed by atoms with E-state index in [0.29, 0.717) is 0 Å². The van der Waals surface area contributed by atoms with Crippen LogP contribution in [0.25, 0.3) is 0 Å². The first-order valence-corrected chi connectivity index (χ1v) is 6.79. The Bertz CT molecular complexity index is 475. The standard InChI is InChI=1S/C9H14FN4O5P/c10-2-20-18-1-4-5(15)6(16)9(19-4)14-3-12-8(13-14)7(11)17/h3-6,9,15-16,20H,1-2H2,(H2,11,17)/t4-,5-,6-,9-/m1/s1. The Balaban J connectivity index is 2.03. The fourth-order valence-electron chi connectivity index (χ4n) is 1.78. The zero-order valence-electron chi connectivity index (χ0n) is 10.2. The molecule has 1 amide bonds. The van der Waals surface area contributed by atoms with Crippen molar-refractivity contribution in [2.75, 3.05) is 13.0 Å². The second-order valence-electron chi connectivity index (χ2n) is 4.05. The highest BCUT2D eigenvalue weighted by Crippen LogP contribution is 2.30. The van der Waals surface area contributed by atoms with Crippen molar-refractivity contribution in [1.82, 2.24) is 14.8 Å². The van der Waals surface area contributed by atoms with Crippen LogP contribution in [0.5, 0.6) is 0 Å². The summed E-state index contributed by atoms with van der Waals surface area (Å²) in [7, 11) is -0.353. The van der Waals surface area contributed by atoms with E-state index in [2.05, 4.69) is 10.1 Å². The molecule has 0 bridgehead atoms. The van der Waals surface area contributed by atoms with E-state index in [1.165, 1.54) is 0 Å². The van der Waals surface area contributed by atoms with E-state index < -0.39 is 36.9 Å². The smallest absolute Gasteiger partial charge is 0.288 e. The van der Waals surface area contributed by atoms with Crippen LogP contribution in [0.3, 0.4) is 0 Å². The summed E-state index contributed by atoms with van der Waals surface area (Å²) in [4.78, 5) is 14.5. The lowest BCUT2D eigenvalue weighted by atomic mass is 10.1. The minimum atomic E-state index is -1.28. The SMILES string of the molecule is NC(=O)c1ncn([C@@H]2O[C@H](COPCF)[C@@H](O)[C@H]2O)n1. The maximum absolute atomic E-state index is 11.9. The Morgan fingerprint density at radius 1 is 1.60 bits per heavy atom. The molecule has 20 heavy (non-hydrogen) atoms. The molecule has 1 unspecified atom stereocenters. The minimum absolute atomic E-state index is 0.0610. The summed E-state index contributed by atoms with van der Waals surface area (Å²) in [5.74, 6) is -1.05. The number of halogens is 1. The molecule has 1 aromatic heterocycles. The van der Waals surface area contributed by atoms with Crippen molar-refractivity contribution in [3.63, 3.8) is 0 Å². The number of nitrogens with zero attached hydrogens (tertiary/aromatic N) is 3. The number of alkyl halides is 1. The number of hydrogen-bond acceptors (Lipinski definition) is 7. The monoisotopic (exact) mass is 308 g/mol. The van der Waals surface area contributed by atoms with Gasteiger partial charge in [0.2, 0.25) is 5.82 Å². The number of aromatic nitrogens is 3. The zero-order valence-corrected chi connectivity index (χ0v) is 11.2. The number of carbonyl (C=O) groups is 1. The van der Waals surface area contributed by atoms with Crippen LogP contribution < -0.4 is 5.73 Å². The molecule has 4 N–H and O–H groups in total. The Labute approximate surface area is 114 Å². The minimum Gasteiger partial charge on any atom is -0.387 e. The Kier molecular flexibility index (Phi) is 4.95. The lowest BCUT2D eigenvalue weighted by Gasteiger charge is -2.13. The number of hydrogen-bond donors (Lipinski definition) is 3. The van der Waals surface area contributed by atoms with Crippen LogP contribution in [0, 0.1) is 0 Å². The maximum atomic E-state index is 11.9. The van der Waals surface area contributed by atoms with Gasteiger partial charge in [-0.05, 0) is 0 Å². The summed E-state index contributed by atoms with van der Waals surface area (Å²) >= 11 is 0. The van der Waals surface area contributed by atoms with Crippen molar-refractivity contribution < 1.29 is 28.7 Å². The lowest BCUT2D eigenvalue weighted by molar-refractivity contribution is -0.0543. The number of ether oxygens (including phenoxy) is 1. The van der Waals surface area contributed by atoms with Crippen LogP contribution in [-0.4, -0.2) is 62.2 Å². The number of carbonyl (C=O) groups excluding carboxylic acids is 1. The van der Waals surface area contributed by atoms with Gasteiger partial charge in [0.25, 0.3) is 5.91 Å². The molecule has 1 aromatic rings. The molecular formula is C9H14FN4O5P. The van der Waals surface area contributed by atoms with Gasteiger partial charge in [-0.2, -0.15) is 0 Å². The third kappa shape index (κ3) is 3.10. The molecule has 2 heterocycles. The van der Waals surface area contributed by atoms with Gasteiger partial charge in [-0.15, -0.1) is 5.10 Å². The Morgan fingerprint density at radius 3 is 2.95 bits per heavy atom. The number of amides is 1. The first-order chi connectivity index (χ1) is 9.54. The Morgan fingerprint density at radius 2 is 2.35 bits per heavy atom. The summed E-state index contributed by atoms with van der Waals surface area (Å²) in [6.07, 6.45) is -3.80. The number of aliphatic hydroxyl groups is 2. The molecule has 1 saturated heterocycles. The lowest BCUT2D eigenvalue weighted by Crippen LogP contribution is -2.33. The molecule has 1 aliphatic rings. The molecule has 2 rings (SSSR count). The third-order valence-electron chi connectivity index (χ3n) is 2.73. The molecule has 0 spiro atoms. The van der Waals surface area contributed by atoms with Crippen molar-refractivity contribution in [2.45, 2.75) is 24.5 Å². The quantitative estimate of drug-likeness (QED) is 0.432. The van der Waals surface area contributed by atoms with Gasteiger partial charge in [0, 0.05) is 8.81 Å². The van der Waals surface area contributed by atoms with Gasteiger partial charge < -0.3 is 25.2 Å². The summed E-state index contributed by atoms with van der Waals surface area (Å²) < 4.78 is 23.3. The average molecular weight is 308 g/mol.